The number of carbonyl (C=O) groups excluding carboxylic acids is 1. The molecule has 0 radical (unpaired) electrons. The van der Waals surface area contributed by atoms with Crippen molar-refractivity contribution in [2.75, 3.05) is 12.3 Å². The van der Waals surface area contributed by atoms with Crippen molar-refractivity contribution in [2.24, 2.45) is 0 Å². The molecule has 0 unspecified atom stereocenters. The first-order valence-corrected chi connectivity index (χ1v) is 9.77. The zero-order valence-electron chi connectivity index (χ0n) is 12.8. The topological polar surface area (TPSA) is 63.2 Å². The van der Waals surface area contributed by atoms with Crippen molar-refractivity contribution in [3.8, 4) is 0 Å². The maximum atomic E-state index is 12.1. The van der Waals surface area contributed by atoms with E-state index < -0.39 is 9.84 Å². The van der Waals surface area contributed by atoms with E-state index in [1.165, 1.54) is 24.3 Å². The number of amides is 1. The zero-order chi connectivity index (χ0) is 17.6. The Bertz CT molecular complexity index is 788. The van der Waals surface area contributed by atoms with Crippen LogP contribution in [0.25, 0.3) is 0 Å². The van der Waals surface area contributed by atoms with Gasteiger partial charge in [0.2, 0.25) is 5.91 Å². The van der Waals surface area contributed by atoms with E-state index in [4.69, 9.17) is 23.2 Å². The van der Waals surface area contributed by atoms with E-state index in [9.17, 15) is 13.2 Å². The summed E-state index contributed by atoms with van der Waals surface area (Å²) in [7, 11) is -3.49. The SMILES string of the molecule is O=C(CCS(=O)(=O)c1ccc(Cl)cc1)NCCc1ccc(Cl)cc1. The summed E-state index contributed by atoms with van der Waals surface area (Å²) >= 11 is 11.5. The predicted molar refractivity (Wildman–Crippen MR) is 96.3 cm³/mol. The molecule has 0 aliphatic rings. The zero-order valence-corrected chi connectivity index (χ0v) is 15.2. The molecule has 24 heavy (non-hydrogen) atoms. The quantitative estimate of drug-likeness (QED) is 0.792. The molecule has 1 amide bonds. The minimum Gasteiger partial charge on any atom is -0.356 e. The summed E-state index contributed by atoms with van der Waals surface area (Å²) in [5.74, 6) is -0.525. The van der Waals surface area contributed by atoms with Crippen LogP contribution < -0.4 is 5.32 Å². The van der Waals surface area contributed by atoms with Crippen LogP contribution in [-0.4, -0.2) is 26.6 Å². The van der Waals surface area contributed by atoms with Gasteiger partial charge in [-0.15, -0.1) is 0 Å². The Hall–Kier alpha value is -1.56. The van der Waals surface area contributed by atoms with Crippen LogP contribution in [0.1, 0.15) is 12.0 Å². The van der Waals surface area contributed by atoms with Crippen LogP contribution in [0.15, 0.2) is 53.4 Å². The lowest BCUT2D eigenvalue weighted by molar-refractivity contribution is -0.120. The van der Waals surface area contributed by atoms with Crippen LogP contribution in [0, 0.1) is 0 Å². The Kier molecular flexibility index (Phi) is 6.66. The van der Waals surface area contributed by atoms with Crippen LogP contribution in [0.3, 0.4) is 0 Å². The first kappa shape index (κ1) is 18.8. The predicted octanol–water partition coefficient (Wildman–Crippen LogP) is 3.52. The third-order valence-corrected chi connectivity index (χ3v) is 5.66. The minimum atomic E-state index is -3.49. The summed E-state index contributed by atoms with van der Waals surface area (Å²) in [6.07, 6.45) is 0.582. The molecule has 0 aromatic heterocycles. The fraction of sp³-hybridized carbons (Fsp3) is 0.235. The smallest absolute Gasteiger partial charge is 0.221 e. The molecule has 2 aromatic rings. The Morgan fingerprint density at radius 3 is 2.04 bits per heavy atom. The molecule has 128 valence electrons. The number of nitrogens with one attached hydrogen (secondary N) is 1. The fourth-order valence-electron chi connectivity index (χ4n) is 2.07. The number of benzene rings is 2. The van der Waals surface area contributed by atoms with Gasteiger partial charge in [0, 0.05) is 23.0 Å². The number of carbonyl (C=O) groups is 1. The van der Waals surface area contributed by atoms with Gasteiger partial charge in [0.25, 0.3) is 0 Å². The summed E-state index contributed by atoms with van der Waals surface area (Å²) in [5.41, 5.74) is 1.05. The van der Waals surface area contributed by atoms with E-state index in [1.54, 1.807) is 12.1 Å². The van der Waals surface area contributed by atoms with E-state index in [-0.39, 0.29) is 23.0 Å². The summed E-state index contributed by atoms with van der Waals surface area (Å²) in [6, 6.07) is 13.3. The lowest BCUT2D eigenvalue weighted by atomic mass is 10.1. The Labute approximate surface area is 151 Å². The molecule has 7 heteroatoms. The van der Waals surface area contributed by atoms with Gasteiger partial charge in [-0.1, -0.05) is 35.3 Å². The van der Waals surface area contributed by atoms with E-state index in [0.29, 0.717) is 23.0 Å². The van der Waals surface area contributed by atoms with Crippen molar-refractivity contribution in [1.29, 1.82) is 0 Å². The lowest BCUT2D eigenvalue weighted by Gasteiger charge is -2.07. The van der Waals surface area contributed by atoms with Gasteiger partial charge >= 0.3 is 0 Å². The molecule has 0 aliphatic heterocycles. The number of rotatable bonds is 7. The molecule has 0 aliphatic carbocycles. The van der Waals surface area contributed by atoms with Crippen LogP contribution >= 0.6 is 23.2 Å². The maximum absolute atomic E-state index is 12.1. The van der Waals surface area contributed by atoms with Gasteiger partial charge in [0.1, 0.15) is 0 Å². The van der Waals surface area contributed by atoms with Crippen molar-refractivity contribution < 1.29 is 13.2 Å². The highest BCUT2D eigenvalue weighted by Crippen LogP contribution is 2.16. The van der Waals surface area contributed by atoms with Gasteiger partial charge in [0.15, 0.2) is 9.84 Å². The molecule has 2 rings (SSSR count). The van der Waals surface area contributed by atoms with Gasteiger partial charge in [0.05, 0.1) is 10.6 Å². The molecule has 0 heterocycles. The fourth-order valence-corrected chi connectivity index (χ4v) is 3.57. The largest absolute Gasteiger partial charge is 0.356 e. The molecule has 2 aromatic carbocycles. The van der Waals surface area contributed by atoms with Gasteiger partial charge in [-0.2, -0.15) is 0 Å². The number of hydrogen-bond acceptors (Lipinski definition) is 3. The van der Waals surface area contributed by atoms with Crippen molar-refractivity contribution in [3.63, 3.8) is 0 Å². The first-order valence-electron chi connectivity index (χ1n) is 7.36. The molecule has 0 fully saturated rings. The van der Waals surface area contributed by atoms with Gasteiger partial charge in [-0.05, 0) is 48.4 Å². The Balaban J connectivity index is 1.78. The third-order valence-electron chi connectivity index (χ3n) is 3.42. The highest BCUT2D eigenvalue weighted by atomic mass is 35.5. The average molecular weight is 386 g/mol. The number of sulfone groups is 1. The van der Waals surface area contributed by atoms with E-state index >= 15 is 0 Å². The van der Waals surface area contributed by atoms with Crippen LogP contribution in [0.4, 0.5) is 0 Å². The lowest BCUT2D eigenvalue weighted by Crippen LogP contribution is -2.27. The van der Waals surface area contributed by atoms with E-state index in [2.05, 4.69) is 5.32 Å². The summed E-state index contributed by atoms with van der Waals surface area (Å²) in [5, 5.41) is 3.85. The summed E-state index contributed by atoms with van der Waals surface area (Å²) in [6.45, 7) is 0.446. The molecule has 0 spiro atoms. The molecule has 0 bridgehead atoms. The van der Waals surface area contributed by atoms with Crippen LogP contribution in [-0.2, 0) is 21.1 Å². The van der Waals surface area contributed by atoms with Gasteiger partial charge in [-0.25, -0.2) is 8.42 Å². The second kappa shape index (κ2) is 8.51. The van der Waals surface area contributed by atoms with E-state index in [0.717, 1.165) is 5.56 Å². The average Bonchev–Trinajstić information content (AvgIpc) is 2.55. The number of halogens is 2. The van der Waals surface area contributed by atoms with Crippen LogP contribution in [0.5, 0.6) is 0 Å². The standard InChI is InChI=1S/C17H17Cl2NO3S/c18-14-3-1-13(2-4-14)9-11-20-17(21)10-12-24(22,23)16-7-5-15(19)6-8-16/h1-8H,9-12H2,(H,20,21). The van der Waals surface area contributed by atoms with Crippen molar-refractivity contribution in [1.82, 2.24) is 5.32 Å². The van der Waals surface area contributed by atoms with Crippen molar-refractivity contribution in [3.05, 3.63) is 64.1 Å². The van der Waals surface area contributed by atoms with Crippen molar-refractivity contribution >= 4 is 38.9 Å². The highest BCUT2D eigenvalue weighted by molar-refractivity contribution is 7.91. The van der Waals surface area contributed by atoms with Crippen LogP contribution in [0.2, 0.25) is 10.0 Å². The van der Waals surface area contributed by atoms with Gasteiger partial charge in [-0.3, -0.25) is 4.79 Å². The minimum absolute atomic E-state index is 0.0778. The van der Waals surface area contributed by atoms with E-state index in [1.807, 2.05) is 12.1 Å². The van der Waals surface area contributed by atoms with Gasteiger partial charge < -0.3 is 5.32 Å². The number of hydrogen-bond donors (Lipinski definition) is 1. The Morgan fingerprint density at radius 2 is 1.46 bits per heavy atom. The molecule has 4 nitrogen and oxygen atoms in total. The van der Waals surface area contributed by atoms with Crippen molar-refractivity contribution in [2.45, 2.75) is 17.7 Å². The highest BCUT2D eigenvalue weighted by Gasteiger charge is 2.16. The monoisotopic (exact) mass is 385 g/mol. The summed E-state index contributed by atoms with van der Waals surface area (Å²) < 4.78 is 24.3. The first-order chi connectivity index (χ1) is 11.4. The summed E-state index contributed by atoms with van der Waals surface area (Å²) in [4.78, 5) is 12.0. The second-order valence-electron chi connectivity index (χ2n) is 5.25. The molecular formula is C17H17Cl2NO3S. The molecular weight excluding hydrogens is 369 g/mol. The molecule has 0 atom stereocenters. The third kappa shape index (κ3) is 5.82. The maximum Gasteiger partial charge on any atom is 0.221 e. The molecule has 0 saturated heterocycles. The molecule has 1 N–H and O–H groups in total. The second-order valence-corrected chi connectivity index (χ2v) is 8.23. The normalized spacial score (nSPS) is 11.2. The Morgan fingerprint density at radius 1 is 0.917 bits per heavy atom. The molecule has 0 saturated carbocycles.